The number of halogens is 2. The van der Waals surface area contributed by atoms with Crippen LogP contribution in [0.25, 0.3) is 10.8 Å². The number of aliphatic hydroxyl groups is 1. The van der Waals surface area contributed by atoms with Gasteiger partial charge in [0.15, 0.2) is 5.78 Å². The summed E-state index contributed by atoms with van der Waals surface area (Å²) in [5.74, 6) is -0.264. The van der Waals surface area contributed by atoms with Crippen LogP contribution < -0.4 is 0 Å². The van der Waals surface area contributed by atoms with E-state index in [1.165, 1.54) is 12.1 Å². The Labute approximate surface area is 176 Å². The van der Waals surface area contributed by atoms with Crippen molar-refractivity contribution in [2.45, 2.75) is 18.9 Å². The van der Waals surface area contributed by atoms with Gasteiger partial charge in [-0.05, 0) is 66.5 Å². The van der Waals surface area contributed by atoms with Crippen LogP contribution in [0.2, 0.25) is 0 Å². The second-order valence-electron chi connectivity index (χ2n) is 7.53. The fraction of sp³-hybridized carbons (Fsp3) is 0.292. The van der Waals surface area contributed by atoms with Gasteiger partial charge in [0.25, 0.3) is 0 Å². The minimum Gasteiger partial charge on any atom is -0.387 e. The van der Waals surface area contributed by atoms with Crippen molar-refractivity contribution in [3.63, 3.8) is 0 Å². The SMILES string of the molecule is Cl.O=C(c1ccc(F)cc1)C1CCN(C[C@H](O)c2cccc3ccccc23)CC1. The minimum atomic E-state index is -0.560. The largest absolute Gasteiger partial charge is 0.387 e. The summed E-state index contributed by atoms with van der Waals surface area (Å²) in [7, 11) is 0. The third-order valence-electron chi connectivity index (χ3n) is 5.70. The molecule has 1 aliphatic rings. The molecule has 1 saturated heterocycles. The van der Waals surface area contributed by atoms with E-state index in [0.717, 1.165) is 42.3 Å². The van der Waals surface area contributed by atoms with Gasteiger partial charge in [-0.25, -0.2) is 4.39 Å². The third kappa shape index (κ3) is 4.84. The second-order valence-corrected chi connectivity index (χ2v) is 7.53. The number of aliphatic hydroxyl groups excluding tert-OH is 1. The highest BCUT2D eigenvalue weighted by atomic mass is 35.5. The van der Waals surface area contributed by atoms with E-state index >= 15 is 0 Å². The number of fused-ring (bicyclic) bond motifs is 1. The molecule has 5 heteroatoms. The molecule has 0 bridgehead atoms. The van der Waals surface area contributed by atoms with Crippen molar-refractivity contribution in [1.82, 2.24) is 4.90 Å². The van der Waals surface area contributed by atoms with Crippen LogP contribution in [0, 0.1) is 11.7 Å². The number of hydrogen-bond donors (Lipinski definition) is 1. The maximum atomic E-state index is 13.1. The number of β-amino-alcohol motifs (C(OH)–C–C–N with tert-alkyl or cyclic N) is 1. The van der Waals surface area contributed by atoms with Crippen molar-refractivity contribution in [3.8, 4) is 0 Å². The normalized spacial score (nSPS) is 16.3. The van der Waals surface area contributed by atoms with Crippen LogP contribution in [0.15, 0.2) is 66.7 Å². The fourth-order valence-corrected chi connectivity index (χ4v) is 4.11. The van der Waals surface area contributed by atoms with Crippen LogP contribution in [-0.2, 0) is 0 Å². The molecule has 29 heavy (non-hydrogen) atoms. The lowest BCUT2D eigenvalue weighted by atomic mass is 9.88. The van der Waals surface area contributed by atoms with Crippen molar-refractivity contribution in [1.29, 1.82) is 0 Å². The minimum absolute atomic E-state index is 0. The summed E-state index contributed by atoms with van der Waals surface area (Å²) >= 11 is 0. The van der Waals surface area contributed by atoms with Gasteiger partial charge >= 0.3 is 0 Å². The van der Waals surface area contributed by atoms with E-state index in [1.54, 1.807) is 12.1 Å². The highest BCUT2D eigenvalue weighted by molar-refractivity contribution is 5.97. The van der Waals surface area contributed by atoms with E-state index in [2.05, 4.69) is 17.0 Å². The number of benzene rings is 3. The molecular formula is C24H25ClFNO2. The van der Waals surface area contributed by atoms with Crippen molar-refractivity contribution >= 4 is 29.0 Å². The monoisotopic (exact) mass is 413 g/mol. The fourth-order valence-electron chi connectivity index (χ4n) is 4.11. The molecule has 0 radical (unpaired) electrons. The predicted octanol–water partition coefficient (Wildman–Crippen LogP) is 5.03. The Kier molecular flexibility index (Phi) is 7.01. The first-order chi connectivity index (χ1) is 13.6. The van der Waals surface area contributed by atoms with E-state index in [9.17, 15) is 14.3 Å². The van der Waals surface area contributed by atoms with Crippen LogP contribution in [0.1, 0.15) is 34.9 Å². The molecule has 3 aromatic rings. The number of likely N-dealkylation sites (tertiary alicyclic amines) is 1. The van der Waals surface area contributed by atoms with Gasteiger partial charge in [-0.1, -0.05) is 42.5 Å². The first-order valence-corrected chi connectivity index (χ1v) is 9.79. The summed E-state index contributed by atoms with van der Waals surface area (Å²) in [5.41, 5.74) is 1.53. The first-order valence-electron chi connectivity index (χ1n) is 9.79. The molecule has 0 aromatic heterocycles. The van der Waals surface area contributed by atoms with Crippen molar-refractivity contribution in [3.05, 3.63) is 83.7 Å². The standard InChI is InChI=1S/C24H24FNO2.ClH/c25-20-10-8-18(9-11-20)24(28)19-12-14-26(15-13-19)16-23(27)22-7-3-5-17-4-1-2-6-21(17)22;/h1-11,19,23,27H,12-16H2;1H/t23-;/m0./s1. The highest BCUT2D eigenvalue weighted by Crippen LogP contribution is 2.27. The summed E-state index contributed by atoms with van der Waals surface area (Å²) in [5, 5.41) is 13.0. The van der Waals surface area contributed by atoms with Crippen LogP contribution in [0.3, 0.4) is 0 Å². The Balaban J connectivity index is 0.00000240. The Morgan fingerprint density at radius 2 is 1.66 bits per heavy atom. The lowest BCUT2D eigenvalue weighted by molar-refractivity contribution is 0.0730. The molecule has 0 aliphatic carbocycles. The number of nitrogens with zero attached hydrogens (tertiary/aromatic N) is 1. The summed E-state index contributed by atoms with van der Waals surface area (Å²) in [6.45, 7) is 2.12. The van der Waals surface area contributed by atoms with E-state index < -0.39 is 6.10 Å². The van der Waals surface area contributed by atoms with Gasteiger partial charge in [-0.3, -0.25) is 4.79 Å². The van der Waals surface area contributed by atoms with Gasteiger partial charge in [-0.15, -0.1) is 12.4 Å². The number of rotatable bonds is 5. The van der Waals surface area contributed by atoms with Gasteiger partial charge in [0.05, 0.1) is 6.10 Å². The van der Waals surface area contributed by atoms with Crippen molar-refractivity contribution in [2.24, 2.45) is 5.92 Å². The van der Waals surface area contributed by atoms with Gasteiger partial charge < -0.3 is 10.0 Å². The molecule has 1 N–H and O–H groups in total. The predicted molar refractivity (Wildman–Crippen MR) is 116 cm³/mol. The van der Waals surface area contributed by atoms with Crippen LogP contribution in [-0.4, -0.2) is 35.4 Å². The second kappa shape index (κ2) is 9.49. The average Bonchev–Trinajstić information content (AvgIpc) is 2.74. The molecule has 3 nitrogen and oxygen atoms in total. The lowest BCUT2D eigenvalue weighted by Crippen LogP contribution is -2.38. The molecule has 1 atom stereocenters. The Morgan fingerprint density at radius 1 is 1.00 bits per heavy atom. The number of carbonyl (C=O) groups is 1. The zero-order valence-electron chi connectivity index (χ0n) is 16.1. The Morgan fingerprint density at radius 3 is 2.38 bits per heavy atom. The van der Waals surface area contributed by atoms with Gasteiger partial charge in [-0.2, -0.15) is 0 Å². The summed E-state index contributed by atoms with van der Waals surface area (Å²) in [6.07, 6.45) is 0.965. The van der Waals surface area contributed by atoms with Gasteiger partial charge in [0.1, 0.15) is 5.82 Å². The quantitative estimate of drug-likeness (QED) is 0.596. The van der Waals surface area contributed by atoms with Crippen LogP contribution >= 0.6 is 12.4 Å². The number of hydrogen-bond acceptors (Lipinski definition) is 3. The summed E-state index contributed by atoms with van der Waals surface area (Å²) in [4.78, 5) is 14.8. The summed E-state index contributed by atoms with van der Waals surface area (Å²) in [6, 6.07) is 19.9. The maximum absolute atomic E-state index is 13.1. The Bertz CT molecular complexity index is 963. The number of piperidine rings is 1. The molecule has 1 aliphatic heterocycles. The first kappa shape index (κ1) is 21.4. The van der Waals surface area contributed by atoms with E-state index in [-0.39, 0.29) is 29.9 Å². The molecule has 152 valence electrons. The zero-order chi connectivity index (χ0) is 19.5. The smallest absolute Gasteiger partial charge is 0.166 e. The molecule has 0 saturated carbocycles. The molecule has 0 spiro atoms. The third-order valence-corrected chi connectivity index (χ3v) is 5.70. The average molecular weight is 414 g/mol. The Hall–Kier alpha value is -2.27. The molecule has 4 rings (SSSR count). The lowest BCUT2D eigenvalue weighted by Gasteiger charge is -2.32. The van der Waals surface area contributed by atoms with Crippen LogP contribution in [0.4, 0.5) is 4.39 Å². The summed E-state index contributed by atoms with van der Waals surface area (Å²) < 4.78 is 13.1. The number of ketones is 1. The zero-order valence-corrected chi connectivity index (χ0v) is 16.9. The maximum Gasteiger partial charge on any atom is 0.166 e. The molecule has 1 heterocycles. The van der Waals surface area contributed by atoms with E-state index in [0.29, 0.717) is 12.1 Å². The molecule has 0 amide bonds. The molecule has 0 unspecified atom stereocenters. The number of carbonyl (C=O) groups excluding carboxylic acids is 1. The highest BCUT2D eigenvalue weighted by Gasteiger charge is 2.27. The van der Waals surface area contributed by atoms with E-state index in [4.69, 9.17) is 0 Å². The number of Topliss-reactive ketones (excluding diaryl/α,β-unsaturated/α-hetero) is 1. The van der Waals surface area contributed by atoms with E-state index in [1.807, 2.05) is 30.3 Å². The molecule has 3 aromatic carbocycles. The van der Waals surface area contributed by atoms with Gasteiger partial charge in [0.2, 0.25) is 0 Å². The van der Waals surface area contributed by atoms with Crippen molar-refractivity contribution in [2.75, 3.05) is 19.6 Å². The van der Waals surface area contributed by atoms with Crippen molar-refractivity contribution < 1.29 is 14.3 Å². The topological polar surface area (TPSA) is 40.5 Å². The van der Waals surface area contributed by atoms with Crippen LogP contribution in [0.5, 0.6) is 0 Å². The van der Waals surface area contributed by atoms with Gasteiger partial charge in [0, 0.05) is 18.0 Å². The molecular weight excluding hydrogens is 389 g/mol. The molecule has 1 fully saturated rings.